The first-order valence-corrected chi connectivity index (χ1v) is 10.3. The lowest BCUT2D eigenvalue weighted by atomic mass is 9.92. The summed E-state index contributed by atoms with van der Waals surface area (Å²) in [4.78, 5) is 24.5. The second-order valence-corrected chi connectivity index (χ2v) is 8.03. The average Bonchev–Trinajstić information content (AvgIpc) is 3.37. The number of hydrogen-bond acceptors (Lipinski definition) is 4. The zero-order valence-corrected chi connectivity index (χ0v) is 16.5. The van der Waals surface area contributed by atoms with E-state index < -0.39 is 0 Å². The monoisotopic (exact) mass is 383 g/mol. The number of urea groups is 1. The molecule has 2 amide bonds. The van der Waals surface area contributed by atoms with Crippen LogP contribution < -0.4 is 10.2 Å². The molecule has 4 heterocycles. The maximum atomic E-state index is 12.7. The second kappa shape index (κ2) is 7.60. The van der Waals surface area contributed by atoms with Gasteiger partial charge in [-0.2, -0.15) is 11.3 Å². The van der Waals surface area contributed by atoms with Gasteiger partial charge in [0.1, 0.15) is 5.65 Å². The number of fused-ring (bicyclic) bond motifs is 1. The third-order valence-corrected chi connectivity index (χ3v) is 6.28. The lowest BCUT2D eigenvalue weighted by molar-refractivity contribution is 0.161. The predicted molar refractivity (Wildman–Crippen MR) is 110 cm³/mol. The molecule has 3 aromatic rings. The maximum Gasteiger partial charge on any atom is 0.317 e. The Morgan fingerprint density at radius 2 is 2.33 bits per heavy atom. The summed E-state index contributed by atoms with van der Waals surface area (Å²) in [6, 6.07) is 6.45. The summed E-state index contributed by atoms with van der Waals surface area (Å²) in [7, 11) is 2.12. The van der Waals surface area contributed by atoms with Gasteiger partial charge in [0.25, 0.3) is 0 Å². The van der Waals surface area contributed by atoms with E-state index in [2.05, 4.69) is 51.7 Å². The Morgan fingerprint density at radius 3 is 3.15 bits per heavy atom. The number of anilines is 1. The van der Waals surface area contributed by atoms with E-state index in [1.807, 2.05) is 28.7 Å². The molecule has 1 fully saturated rings. The number of thiophene rings is 1. The van der Waals surface area contributed by atoms with Crippen molar-refractivity contribution < 1.29 is 4.79 Å². The number of likely N-dealkylation sites (tertiary alicyclic amines) is 1. The number of piperidine rings is 1. The fraction of sp³-hybridized carbons (Fsp3) is 0.400. The number of hydrogen-bond donors (Lipinski definition) is 2. The van der Waals surface area contributed by atoms with Crippen LogP contribution in [0.3, 0.4) is 0 Å². The van der Waals surface area contributed by atoms with E-state index >= 15 is 0 Å². The number of pyridine rings is 1. The first kappa shape index (κ1) is 17.9. The molecule has 0 aromatic carbocycles. The molecular weight excluding hydrogens is 358 g/mol. The molecule has 3 aromatic heterocycles. The minimum Gasteiger partial charge on any atom is -0.369 e. The summed E-state index contributed by atoms with van der Waals surface area (Å²) < 4.78 is 0. The van der Waals surface area contributed by atoms with Crippen LogP contribution in [0.2, 0.25) is 0 Å². The van der Waals surface area contributed by atoms with Crippen molar-refractivity contribution in [2.45, 2.75) is 25.9 Å². The first-order valence-electron chi connectivity index (χ1n) is 9.32. The van der Waals surface area contributed by atoms with Crippen molar-refractivity contribution >= 4 is 34.1 Å². The lowest BCUT2D eigenvalue weighted by Crippen LogP contribution is -2.54. The van der Waals surface area contributed by atoms with Crippen LogP contribution in [0.15, 0.2) is 41.4 Å². The molecule has 0 aliphatic carbocycles. The number of amides is 2. The Balaban J connectivity index is 1.47. The van der Waals surface area contributed by atoms with Gasteiger partial charge in [0.2, 0.25) is 0 Å². The van der Waals surface area contributed by atoms with Crippen LogP contribution in [0.5, 0.6) is 0 Å². The van der Waals surface area contributed by atoms with Gasteiger partial charge < -0.3 is 20.1 Å². The Labute approximate surface area is 163 Å². The van der Waals surface area contributed by atoms with Gasteiger partial charge >= 0.3 is 6.03 Å². The number of nitrogens with zero attached hydrogens (tertiary/aromatic N) is 3. The predicted octanol–water partition coefficient (Wildman–Crippen LogP) is 3.68. The first-order chi connectivity index (χ1) is 13.1. The van der Waals surface area contributed by atoms with Crippen molar-refractivity contribution in [3.63, 3.8) is 0 Å². The number of rotatable bonds is 4. The van der Waals surface area contributed by atoms with Crippen molar-refractivity contribution in [2.75, 3.05) is 25.0 Å². The van der Waals surface area contributed by atoms with Crippen LogP contribution in [-0.2, 0) is 6.54 Å². The van der Waals surface area contributed by atoms with Gasteiger partial charge in [-0.25, -0.2) is 9.78 Å². The van der Waals surface area contributed by atoms with Gasteiger partial charge in [-0.15, -0.1) is 0 Å². The fourth-order valence-corrected chi connectivity index (χ4v) is 4.52. The van der Waals surface area contributed by atoms with Crippen molar-refractivity contribution in [3.8, 4) is 0 Å². The van der Waals surface area contributed by atoms with E-state index in [1.165, 1.54) is 0 Å². The van der Waals surface area contributed by atoms with Crippen molar-refractivity contribution in [3.05, 3.63) is 46.9 Å². The number of carbonyl (C=O) groups excluding carboxylic acids is 1. The van der Waals surface area contributed by atoms with Crippen LogP contribution in [-0.4, -0.2) is 47.1 Å². The molecule has 142 valence electrons. The zero-order chi connectivity index (χ0) is 18.8. The summed E-state index contributed by atoms with van der Waals surface area (Å²) in [6.45, 7) is 4.39. The number of aromatic nitrogens is 2. The summed E-state index contributed by atoms with van der Waals surface area (Å²) in [5.41, 5.74) is 3.20. The molecule has 0 bridgehead atoms. The van der Waals surface area contributed by atoms with Crippen molar-refractivity contribution in [1.82, 2.24) is 20.2 Å². The zero-order valence-electron chi connectivity index (χ0n) is 15.7. The van der Waals surface area contributed by atoms with E-state index in [0.717, 1.165) is 41.8 Å². The Bertz CT molecular complexity index is 906. The van der Waals surface area contributed by atoms with Crippen molar-refractivity contribution in [2.24, 2.45) is 5.92 Å². The summed E-state index contributed by atoms with van der Waals surface area (Å²) in [5.74, 6) is 0.512. The molecule has 1 aliphatic heterocycles. The molecule has 2 atom stereocenters. The SMILES string of the molecule is C[C@@H]1CCN(C(=O)NCc2ccsc2)CC1N(C)c1ccnc2[nH]ccc12. The summed E-state index contributed by atoms with van der Waals surface area (Å²) >= 11 is 1.65. The average molecular weight is 384 g/mol. The fourth-order valence-electron chi connectivity index (χ4n) is 3.85. The standard InChI is InChI=1S/C20H25N5OS/c1-14-5-9-25(20(26)23-11-15-6-10-27-13-15)12-18(14)24(2)17-4-8-22-19-16(17)3-7-21-19/h3-4,6-8,10,13-14,18H,5,9,11-12H2,1-2H3,(H,21,22)(H,23,26)/t14-,18?/m1/s1. The van der Waals surface area contributed by atoms with Gasteiger partial charge in [0.15, 0.2) is 0 Å². The normalized spacial score (nSPS) is 20.0. The van der Waals surface area contributed by atoms with Crippen molar-refractivity contribution in [1.29, 1.82) is 0 Å². The smallest absolute Gasteiger partial charge is 0.317 e. The quantitative estimate of drug-likeness (QED) is 0.722. The molecule has 0 saturated carbocycles. The van der Waals surface area contributed by atoms with E-state index in [0.29, 0.717) is 12.5 Å². The number of likely N-dealkylation sites (N-methyl/N-ethyl adjacent to an activating group) is 1. The molecular formula is C20H25N5OS. The Morgan fingerprint density at radius 1 is 1.44 bits per heavy atom. The Kier molecular flexibility index (Phi) is 5.03. The van der Waals surface area contributed by atoms with Crippen LogP contribution in [0.4, 0.5) is 10.5 Å². The molecule has 1 unspecified atom stereocenters. The van der Waals surface area contributed by atoms with Gasteiger partial charge in [-0.3, -0.25) is 0 Å². The van der Waals surface area contributed by atoms with Crippen LogP contribution in [0, 0.1) is 5.92 Å². The van der Waals surface area contributed by atoms with Crippen LogP contribution >= 0.6 is 11.3 Å². The number of carbonyl (C=O) groups is 1. The third-order valence-electron chi connectivity index (χ3n) is 5.54. The Hall–Kier alpha value is -2.54. The lowest BCUT2D eigenvalue weighted by Gasteiger charge is -2.42. The molecule has 4 rings (SSSR count). The van der Waals surface area contributed by atoms with E-state index in [1.54, 1.807) is 11.3 Å². The summed E-state index contributed by atoms with van der Waals surface area (Å²) in [5, 5.41) is 8.27. The highest BCUT2D eigenvalue weighted by atomic mass is 32.1. The van der Waals surface area contributed by atoms with E-state index in [4.69, 9.17) is 0 Å². The largest absolute Gasteiger partial charge is 0.369 e. The van der Waals surface area contributed by atoms with E-state index in [9.17, 15) is 4.79 Å². The molecule has 0 spiro atoms. The molecule has 0 radical (unpaired) electrons. The highest BCUT2D eigenvalue weighted by Gasteiger charge is 2.32. The van der Waals surface area contributed by atoms with E-state index in [-0.39, 0.29) is 12.1 Å². The number of aromatic amines is 1. The molecule has 6 nitrogen and oxygen atoms in total. The summed E-state index contributed by atoms with van der Waals surface area (Å²) in [6.07, 6.45) is 4.76. The van der Waals surface area contributed by atoms with Crippen LogP contribution in [0.25, 0.3) is 11.0 Å². The second-order valence-electron chi connectivity index (χ2n) is 7.25. The third kappa shape index (κ3) is 3.64. The molecule has 2 N–H and O–H groups in total. The number of nitrogens with one attached hydrogen (secondary N) is 2. The van der Waals surface area contributed by atoms with Crippen LogP contribution in [0.1, 0.15) is 18.9 Å². The van der Waals surface area contributed by atoms with Gasteiger partial charge in [0, 0.05) is 56.2 Å². The highest BCUT2D eigenvalue weighted by molar-refractivity contribution is 7.07. The maximum absolute atomic E-state index is 12.7. The minimum atomic E-state index is 0.0213. The molecule has 7 heteroatoms. The van der Waals surface area contributed by atoms with Gasteiger partial charge in [-0.05, 0) is 46.9 Å². The van der Waals surface area contributed by atoms with Gasteiger partial charge in [-0.1, -0.05) is 6.92 Å². The molecule has 1 aliphatic rings. The molecule has 1 saturated heterocycles. The van der Waals surface area contributed by atoms with Gasteiger partial charge in [0.05, 0.1) is 0 Å². The topological polar surface area (TPSA) is 64.3 Å². The molecule has 27 heavy (non-hydrogen) atoms. The number of H-pyrrole nitrogens is 1. The highest BCUT2D eigenvalue weighted by Crippen LogP contribution is 2.30. The minimum absolute atomic E-state index is 0.0213.